The van der Waals surface area contributed by atoms with Crippen LogP contribution in [0.1, 0.15) is 16.0 Å². The van der Waals surface area contributed by atoms with Crippen LogP contribution >= 0.6 is 11.3 Å². The van der Waals surface area contributed by atoms with Gasteiger partial charge in [0.2, 0.25) is 0 Å². The summed E-state index contributed by atoms with van der Waals surface area (Å²) in [5, 5.41) is 2.12. The van der Waals surface area contributed by atoms with Gasteiger partial charge in [0.15, 0.2) is 5.96 Å². The van der Waals surface area contributed by atoms with Crippen molar-refractivity contribution < 1.29 is 0 Å². The summed E-state index contributed by atoms with van der Waals surface area (Å²) < 4.78 is 0. The van der Waals surface area contributed by atoms with Gasteiger partial charge in [-0.2, -0.15) is 0 Å². The van der Waals surface area contributed by atoms with Gasteiger partial charge in [0, 0.05) is 29.9 Å². The molecule has 0 bridgehead atoms. The van der Waals surface area contributed by atoms with Gasteiger partial charge in [-0.05, 0) is 41.1 Å². The van der Waals surface area contributed by atoms with Gasteiger partial charge in [-0.15, -0.1) is 11.3 Å². The average molecular weight is 349 g/mol. The summed E-state index contributed by atoms with van der Waals surface area (Å²) in [5.41, 5.74) is 10.1. The molecule has 1 unspecified atom stereocenters. The minimum atomic E-state index is -0.478. The molecule has 126 valence electrons. The Morgan fingerprint density at radius 3 is 2.60 bits per heavy atom. The topological polar surface area (TPSA) is 67.4 Å². The normalized spacial score (nSPS) is 19.9. The van der Waals surface area contributed by atoms with Crippen molar-refractivity contribution in [3.63, 3.8) is 0 Å². The van der Waals surface area contributed by atoms with E-state index in [0.717, 1.165) is 23.2 Å². The lowest BCUT2D eigenvalue weighted by molar-refractivity contribution is 0.432. The Balaban J connectivity index is 1.89. The molecule has 6 heteroatoms. The van der Waals surface area contributed by atoms with Crippen LogP contribution in [-0.4, -0.2) is 34.4 Å². The summed E-state index contributed by atoms with van der Waals surface area (Å²) >= 11 is 1.74. The molecule has 0 amide bonds. The summed E-state index contributed by atoms with van der Waals surface area (Å²) in [6, 6.07) is 10.6. The number of aryl methyl sites for hydroxylation is 1. The summed E-state index contributed by atoms with van der Waals surface area (Å²) in [5.74, 6) is 0.569. The van der Waals surface area contributed by atoms with Crippen LogP contribution in [0.15, 0.2) is 59.4 Å². The van der Waals surface area contributed by atoms with Crippen LogP contribution in [0.4, 0.5) is 0 Å². The largest absolute Gasteiger partial charge is 0.370 e. The number of guanidine groups is 1. The van der Waals surface area contributed by atoms with Gasteiger partial charge >= 0.3 is 0 Å². The van der Waals surface area contributed by atoms with Crippen LogP contribution in [0.5, 0.6) is 0 Å². The van der Waals surface area contributed by atoms with Crippen molar-refractivity contribution >= 4 is 17.3 Å². The lowest BCUT2D eigenvalue weighted by Crippen LogP contribution is -2.35. The van der Waals surface area contributed by atoms with Crippen molar-refractivity contribution in [3.8, 4) is 11.1 Å². The van der Waals surface area contributed by atoms with Gasteiger partial charge in [-0.1, -0.05) is 18.2 Å². The van der Waals surface area contributed by atoms with Gasteiger partial charge in [0.1, 0.15) is 11.9 Å². The molecule has 5 nitrogen and oxygen atoms in total. The number of hydrogen-bond donors (Lipinski definition) is 1. The monoisotopic (exact) mass is 349 g/mol. The number of aromatic nitrogens is 2. The van der Waals surface area contributed by atoms with E-state index in [0.29, 0.717) is 5.96 Å². The summed E-state index contributed by atoms with van der Waals surface area (Å²) in [6.07, 6.45) is 5.19. The number of nitrogens with two attached hydrogens (primary N) is 1. The average Bonchev–Trinajstić information content (AvgIpc) is 3.20. The Morgan fingerprint density at radius 2 is 1.96 bits per heavy atom. The standard InChI is InChI=1S/C19H19N5S/c1-13-17(6-7-25-13)19(11-24(2)18(20)23-19)16-5-3-4-14(8-16)15-9-21-12-22-10-15/h3-10,12H,11H2,1-2H3,(H2,20,23). The highest BCUT2D eigenvalue weighted by Crippen LogP contribution is 2.42. The van der Waals surface area contributed by atoms with Gasteiger partial charge < -0.3 is 10.6 Å². The van der Waals surface area contributed by atoms with Crippen molar-refractivity contribution in [1.29, 1.82) is 0 Å². The zero-order valence-corrected chi connectivity index (χ0v) is 15.0. The van der Waals surface area contributed by atoms with E-state index in [1.54, 1.807) is 17.7 Å². The van der Waals surface area contributed by atoms with Gasteiger partial charge in [-0.3, -0.25) is 0 Å². The highest BCUT2D eigenvalue weighted by atomic mass is 32.1. The van der Waals surface area contributed by atoms with E-state index >= 15 is 0 Å². The molecule has 2 N–H and O–H groups in total. The van der Waals surface area contributed by atoms with E-state index in [2.05, 4.69) is 52.6 Å². The van der Waals surface area contributed by atoms with Crippen LogP contribution in [0.3, 0.4) is 0 Å². The second-order valence-corrected chi connectivity index (χ2v) is 7.40. The van der Waals surface area contributed by atoms with Crippen LogP contribution < -0.4 is 5.73 Å². The Bertz CT molecular complexity index is 934. The molecule has 25 heavy (non-hydrogen) atoms. The second kappa shape index (κ2) is 5.97. The van der Waals surface area contributed by atoms with Crippen molar-refractivity contribution in [3.05, 3.63) is 70.4 Å². The maximum Gasteiger partial charge on any atom is 0.192 e. The fourth-order valence-corrected chi connectivity index (χ4v) is 4.19. The van der Waals surface area contributed by atoms with Gasteiger partial charge in [-0.25, -0.2) is 15.0 Å². The van der Waals surface area contributed by atoms with E-state index in [9.17, 15) is 0 Å². The molecule has 4 rings (SSSR count). The van der Waals surface area contributed by atoms with Crippen LogP contribution in [-0.2, 0) is 5.54 Å². The van der Waals surface area contributed by atoms with Crippen molar-refractivity contribution in [2.24, 2.45) is 10.7 Å². The molecule has 2 aromatic heterocycles. The summed E-state index contributed by atoms with van der Waals surface area (Å²) in [6.45, 7) is 2.87. The molecule has 0 fully saturated rings. The molecule has 1 aliphatic heterocycles. The first-order chi connectivity index (χ1) is 12.1. The number of hydrogen-bond acceptors (Lipinski definition) is 6. The minimum absolute atomic E-state index is 0.478. The van der Waals surface area contributed by atoms with Crippen molar-refractivity contribution in [2.45, 2.75) is 12.5 Å². The predicted molar refractivity (Wildman–Crippen MR) is 102 cm³/mol. The highest BCUT2D eigenvalue weighted by Gasteiger charge is 2.42. The Labute approximate surface area is 150 Å². The third kappa shape index (κ3) is 2.59. The molecular formula is C19H19N5S. The highest BCUT2D eigenvalue weighted by molar-refractivity contribution is 7.10. The van der Waals surface area contributed by atoms with E-state index < -0.39 is 5.54 Å². The lowest BCUT2D eigenvalue weighted by Gasteiger charge is -2.28. The van der Waals surface area contributed by atoms with Crippen LogP contribution in [0.25, 0.3) is 11.1 Å². The van der Waals surface area contributed by atoms with Gasteiger partial charge in [0.05, 0.1) is 6.54 Å². The fourth-order valence-electron chi connectivity index (χ4n) is 3.42. The molecule has 0 saturated heterocycles. The molecule has 1 atom stereocenters. The molecule has 1 aromatic carbocycles. The van der Waals surface area contributed by atoms with E-state index in [1.165, 1.54) is 10.4 Å². The number of thiophene rings is 1. The molecular weight excluding hydrogens is 330 g/mol. The fraction of sp³-hybridized carbons (Fsp3) is 0.211. The predicted octanol–water partition coefficient (Wildman–Crippen LogP) is 3.02. The van der Waals surface area contributed by atoms with Crippen LogP contribution in [0, 0.1) is 6.92 Å². The maximum atomic E-state index is 6.16. The molecule has 0 aliphatic carbocycles. The van der Waals surface area contributed by atoms with E-state index in [1.807, 2.05) is 24.3 Å². The molecule has 3 heterocycles. The molecule has 1 aliphatic rings. The Morgan fingerprint density at radius 1 is 1.16 bits per heavy atom. The maximum absolute atomic E-state index is 6.16. The molecule has 0 spiro atoms. The third-order valence-corrected chi connectivity index (χ3v) is 5.55. The van der Waals surface area contributed by atoms with Gasteiger partial charge in [0.25, 0.3) is 0 Å². The number of nitrogens with zero attached hydrogens (tertiary/aromatic N) is 4. The number of benzene rings is 1. The van der Waals surface area contributed by atoms with Crippen molar-refractivity contribution in [1.82, 2.24) is 14.9 Å². The minimum Gasteiger partial charge on any atom is -0.370 e. The lowest BCUT2D eigenvalue weighted by atomic mass is 9.83. The first kappa shape index (κ1) is 15.8. The van der Waals surface area contributed by atoms with Crippen LogP contribution in [0.2, 0.25) is 0 Å². The molecule has 0 radical (unpaired) electrons. The number of aliphatic imine (C=N–C) groups is 1. The molecule has 0 saturated carbocycles. The SMILES string of the molecule is Cc1sccc1C1(c2cccc(-c3cncnc3)c2)CN(C)C(N)=N1. The number of rotatable bonds is 3. The van der Waals surface area contributed by atoms with E-state index in [4.69, 9.17) is 10.7 Å². The first-order valence-corrected chi connectivity index (χ1v) is 8.95. The quantitative estimate of drug-likeness (QED) is 0.789. The Kier molecular flexibility index (Phi) is 3.77. The zero-order valence-electron chi connectivity index (χ0n) is 14.2. The smallest absolute Gasteiger partial charge is 0.192 e. The summed E-state index contributed by atoms with van der Waals surface area (Å²) in [7, 11) is 1.98. The van der Waals surface area contributed by atoms with E-state index in [-0.39, 0.29) is 0 Å². The summed E-state index contributed by atoms with van der Waals surface area (Å²) in [4.78, 5) is 16.4. The number of likely N-dealkylation sites (N-methyl/N-ethyl adjacent to an activating group) is 1. The molecule has 3 aromatic rings. The third-order valence-electron chi connectivity index (χ3n) is 4.70. The second-order valence-electron chi connectivity index (χ2n) is 6.28. The Hall–Kier alpha value is -2.73. The van der Waals surface area contributed by atoms with Crippen molar-refractivity contribution in [2.75, 3.05) is 13.6 Å². The zero-order chi connectivity index (χ0) is 17.4. The first-order valence-electron chi connectivity index (χ1n) is 8.07.